The van der Waals surface area contributed by atoms with Crippen LogP contribution in [-0.4, -0.2) is 65.0 Å². The largest absolute Gasteiger partial charge is 0.497 e. The number of hydrogen-bond acceptors (Lipinski definition) is 4. The number of amides is 3. The second-order valence-corrected chi connectivity index (χ2v) is 7.43. The highest BCUT2D eigenvalue weighted by Crippen LogP contribution is 2.38. The van der Waals surface area contributed by atoms with Crippen molar-refractivity contribution < 1.29 is 14.3 Å². The van der Waals surface area contributed by atoms with Gasteiger partial charge in [0.1, 0.15) is 11.3 Å². The maximum atomic E-state index is 13.3. The lowest BCUT2D eigenvalue weighted by Gasteiger charge is -2.43. The number of nitrogens with zero attached hydrogens (tertiary/aromatic N) is 3. The van der Waals surface area contributed by atoms with E-state index in [9.17, 15) is 9.59 Å². The molecule has 0 radical (unpaired) electrons. The van der Waals surface area contributed by atoms with Crippen molar-refractivity contribution in [1.82, 2.24) is 14.7 Å². The van der Waals surface area contributed by atoms with Crippen LogP contribution in [0.25, 0.3) is 0 Å². The van der Waals surface area contributed by atoms with Gasteiger partial charge >= 0.3 is 6.03 Å². The Kier molecular flexibility index (Phi) is 5.23. The third kappa shape index (κ3) is 3.07. The number of methoxy groups -OCH3 is 1. The molecule has 0 N–H and O–H groups in total. The SMILES string of the molecule is CCN1C(=O)N(Cc2cccc(OC)c2)C(=O)C12CCN(C(C)C)CC2. The van der Waals surface area contributed by atoms with Crippen LogP contribution in [-0.2, 0) is 11.3 Å². The average Bonchev–Trinajstić information content (AvgIpc) is 2.83. The number of carbonyl (C=O) groups is 2. The molecule has 2 saturated heterocycles. The van der Waals surface area contributed by atoms with E-state index in [1.165, 1.54) is 4.90 Å². The quantitative estimate of drug-likeness (QED) is 0.759. The normalized spacial score (nSPS) is 20.5. The standard InChI is InChI=1S/C20H29N3O3/c1-5-23-19(25)22(14-16-7-6-8-17(13-16)26-4)18(24)20(23)9-11-21(12-10-20)15(2)3/h6-8,13,15H,5,9-12,14H2,1-4H3. The van der Waals surface area contributed by atoms with E-state index in [0.717, 1.165) is 24.4 Å². The second-order valence-electron chi connectivity index (χ2n) is 7.43. The van der Waals surface area contributed by atoms with Gasteiger partial charge < -0.3 is 14.5 Å². The highest BCUT2D eigenvalue weighted by atomic mass is 16.5. The molecular weight excluding hydrogens is 330 g/mol. The van der Waals surface area contributed by atoms with Crippen LogP contribution in [0, 0.1) is 0 Å². The summed E-state index contributed by atoms with van der Waals surface area (Å²) in [5.41, 5.74) is 0.231. The first-order chi connectivity index (χ1) is 12.4. The van der Waals surface area contributed by atoms with Crippen molar-refractivity contribution >= 4 is 11.9 Å². The zero-order valence-electron chi connectivity index (χ0n) is 16.2. The molecule has 0 unspecified atom stereocenters. The second kappa shape index (κ2) is 7.27. The van der Waals surface area contributed by atoms with E-state index in [0.29, 0.717) is 32.0 Å². The Morgan fingerprint density at radius 1 is 1.19 bits per heavy atom. The lowest BCUT2D eigenvalue weighted by Crippen LogP contribution is -2.57. The molecule has 6 nitrogen and oxygen atoms in total. The van der Waals surface area contributed by atoms with Gasteiger partial charge in [-0.2, -0.15) is 0 Å². The molecule has 3 amide bonds. The lowest BCUT2D eigenvalue weighted by molar-refractivity contribution is -0.136. The van der Waals surface area contributed by atoms with Gasteiger partial charge in [0.25, 0.3) is 5.91 Å². The lowest BCUT2D eigenvalue weighted by atomic mass is 9.85. The monoisotopic (exact) mass is 359 g/mol. The van der Waals surface area contributed by atoms with Gasteiger partial charge in [0.2, 0.25) is 0 Å². The van der Waals surface area contributed by atoms with Crippen molar-refractivity contribution in [2.24, 2.45) is 0 Å². The van der Waals surface area contributed by atoms with E-state index in [1.807, 2.05) is 31.2 Å². The minimum absolute atomic E-state index is 0.0458. The fraction of sp³-hybridized carbons (Fsp3) is 0.600. The van der Waals surface area contributed by atoms with Crippen LogP contribution in [0.5, 0.6) is 5.75 Å². The summed E-state index contributed by atoms with van der Waals surface area (Å²) in [6.07, 6.45) is 1.41. The fourth-order valence-corrected chi connectivity index (χ4v) is 4.21. The zero-order chi connectivity index (χ0) is 18.9. The number of carbonyl (C=O) groups excluding carboxylic acids is 2. The highest BCUT2D eigenvalue weighted by molar-refractivity contribution is 6.07. The Hall–Kier alpha value is -2.08. The van der Waals surface area contributed by atoms with Gasteiger partial charge in [-0.3, -0.25) is 9.69 Å². The average molecular weight is 359 g/mol. The number of likely N-dealkylation sites (N-methyl/N-ethyl adjacent to an activating group) is 1. The van der Waals surface area contributed by atoms with Gasteiger partial charge in [-0.1, -0.05) is 12.1 Å². The molecule has 2 aliphatic rings. The molecule has 2 heterocycles. The van der Waals surface area contributed by atoms with Gasteiger partial charge in [0.15, 0.2) is 0 Å². The molecule has 6 heteroatoms. The van der Waals surface area contributed by atoms with Crippen LogP contribution in [0.1, 0.15) is 39.2 Å². The number of likely N-dealkylation sites (tertiary alicyclic amines) is 1. The summed E-state index contributed by atoms with van der Waals surface area (Å²) in [7, 11) is 1.61. The van der Waals surface area contributed by atoms with E-state index in [-0.39, 0.29) is 11.9 Å². The van der Waals surface area contributed by atoms with Gasteiger partial charge in [0, 0.05) is 25.7 Å². The van der Waals surface area contributed by atoms with Crippen molar-refractivity contribution in [1.29, 1.82) is 0 Å². The molecule has 3 rings (SSSR count). The molecule has 0 aliphatic carbocycles. The molecule has 1 spiro atoms. The van der Waals surface area contributed by atoms with Crippen LogP contribution in [0.2, 0.25) is 0 Å². The molecule has 0 saturated carbocycles. The van der Waals surface area contributed by atoms with Crippen LogP contribution >= 0.6 is 0 Å². The molecule has 2 fully saturated rings. The Morgan fingerprint density at radius 2 is 1.88 bits per heavy atom. The summed E-state index contributed by atoms with van der Waals surface area (Å²) in [6.45, 7) is 8.84. The zero-order valence-corrected chi connectivity index (χ0v) is 16.2. The first-order valence-electron chi connectivity index (χ1n) is 9.43. The van der Waals surface area contributed by atoms with Crippen molar-refractivity contribution in [2.45, 2.75) is 51.7 Å². The molecular formula is C20H29N3O3. The first-order valence-corrected chi connectivity index (χ1v) is 9.43. The Labute approximate surface area is 155 Å². The van der Waals surface area contributed by atoms with Gasteiger partial charge in [-0.05, 0) is 51.3 Å². The van der Waals surface area contributed by atoms with Crippen molar-refractivity contribution in [3.63, 3.8) is 0 Å². The molecule has 0 bridgehead atoms. The number of ether oxygens (including phenoxy) is 1. The smallest absolute Gasteiger partial charge is 0.327 e. The van der Waals surface area contributed by atoms with E-state index < -0.39 is 5.54 Å². The van der Waals surface area contributed by atoms with Crippen molar-refractivity contribution in [2.75, 3.05) is 26.7 Å². The molecule has 142 valence electrons. The number of piperidine rings is 1. The van der Waals surface area contributed by atoms with Crippen LogP contribution in [0.4, 0.5) is 4.79 Å². The minimum Gasteiger partial charge on any atom is -0.497 e. The third-order valence-electron chi connectivity index (χ3n) is 5.77. The maximum Gasteiger partial charge on any atom is 0.327 e. The first kappa shape index (κ1) is 18.7. The molecule has 26 heavy (non-hydrogen) atoms. The molecule has 0 aromatic heterocycles. The molecule has 0 atom stereocenters. The summed E-state index contributed by atoms with van der Waals surface area (Å²) in [5, 5.41) is 0. The minimum atomic E-state index is -0.671. The van der Waals surface area contributed by atoms with E-state index >= 15 is 0 Å². The van der Waals surface area contributed by atoms with Crippen LogP contribution in [0.15, 0.2) is 24.3 Å². The Bertz CT molecular complexity index is 681. The summed E-state index contributed by atoms with van der Waals surface area (Å²) < 4.78 is 5.25. The van der Waals surface area contributed by atoms with E-state index in [1.54, 1.807) is 12.0 Å². The predicted molar refractivity (Wildman–Crippen MR) is 100.0 cm³/mol. The fourth-order valence-electron chi connectivity index (χ4n) is 4.21. The molecule has 1 aromatic rings. The van der Waals surface area contributed by atoms with E-state index in [2.05, 4.69) is 18.7 Å². The van der Waals surface area contributed by atoms with Crippen molar-refractivity contribution in [3.8, 4) is 5.75 Å². The summed E-state index contributed by atoms with van der Waals surface area (Å²) in [5.74, 6) is 0.685. The number of rotatable bonds is 5. The molecule has 2 aliphatic heterocycles. The van der Waals surface area contributed by atoms with Gasteiger partial charge in [0.05, 0.1) is 13.7 Å². The topological polar surface area (TPSA) is 53.1 Å². The molecule has 1 aromatic carbocycles. The number of hydrogen-bond donors (Lipinski definition) is 0. The van der Waals surface area contributed by atoms with Gasteiger partial charge in [-0.15, -0.1) is 0 Å². The summed E-state index contributed by atoms with van der Waals surface area (Å²) in [6, 6.07) is 7.84. The number of urea groups is 1. The van der Waals surface area contributed by atoms with Crippen LogP contribution in [0.3, 0.4) is 0 Å². The Balaban J connectivity index is 1.83. The summed E-state index contributed by atoms with van der Waals surface area (Å²) in [4.78, 5) is 31.9. The Morgan fingerprint density at radius 3 is 2.46 bits per heavy atom. The van der Waals surface area contributed by atoms with E-state index in [4.69, 9.17) is 4.74 Å². The number of benzene rings is 1. The highest BCUT2D eigenvalue weighted by Gasteiger charge is 2.57. The summed E-state index contributed by atoms with van der Waals surface area (Å²) >= 11 is 0. The van der Waals surface area contributed by atoms with Crippen LogP contribution < -0.4 is 4.74 Å². The van der Waals surface area contributed by atoms with Gasteiger partial charge in [-0.25, -0.2) is 4.79 Å². The number of imide groups is 1. The third-order valence-corrected chi connectivity index (χ3v) is 5.77. The predicted octanol–water partition coefficient (Wildman–Crippen LogP) is 2.72. The van der Waals surface area contributed by atoms with Crippen molar-refractivity contribution in [3.05, 3.63) is 29.8 Å². The maximum absolute atomic E-state index is 13.3.